The summed E-state index contributed by atoms with van der Waals surface area (Å²) in [5, 5.41) is 9.62. The molecule has 1 aromatic heterocycles. The van der Waals surface area contributed by atoms with E-state index in [0.717, 1.165) is 73.2 Å². The van der Waals surface area contributed by atoms with Crippen molar-refractivity contribution in [3.05, 3.63) is 105 Å². The van der Waals surface area contributed by atoms with Gasteiger partial charge in [-0.15, -0.1) is 0 Å². The molecule has 4 nitrogen and oxygen atoms in total. The second-order valence-corrected chi connectivity index (χ2v) is 9.87. The molecule has 3 aliphatic rings. The van der Waals surface area contributed by atoms with Crippen LogP contribution in [0.4, 0.5) is 0 Å². The molecular weight excluding hydrogens is 442 g/mol. The second-order valence-electron chi connectivity index (χ2n) is 9.87. The number of nitrogens with zero attached hydrogens (tertiary/aromatic N) is 3. The lowest BCUT2D eigenvalue weighted by molar-refractivity contribution is 0.577. The predicted octanol–water partition coefficient (Wildman–Crippen LogP) is 6.97. The minimum atomic E-state index is -0.0780. The van der Waals surface area contributed by atoms with Gasteiger partial charge in [-0.05, 0) is 66.7 Å². The molecule has 1 aromatic rings. The Balaban J connectivity index is 1.74. The van der Waals surface area contributed by atoms with Gasteiger partial charge in [0.05, 0.1) is 23.2 Å². The van der Waals surface area contributed by atoms with Crippen molar-refractivity contribution in [3.63, 3.8) is 0 Å². The zero-order valence-electron chi connectivity index (χ0n) is 21.8. The van der Waals surface area contributed by atoms with Crippen LogP contribution in [-0.2, 0) is 19.4 Å². The van der Waals surface area contributed by atoms with Gasteiger partial charge in [0.2, 0.25) is 0 Å². The molecular formula is C32H37N3O. The fraction of sp³-hybridized carbons (Fsp3) is 0.406. The molecule has 0 fully saturated rings. The lowest BCUT2D eigenvalue weighted by Crippen LogP contribution is -2.31. The van der Waals surface area contributed by atoms with E-state index in [-0.39, 0.29) is 11.5 Å². The average molecular weight is 480 g/mol. The van der Waals surface area contributed by atoms with Gasteiger partial charge in [0.1, 0.15) is 5.82 Å². The summed E-state index contributed by atoms with van der Waals surface area (Å²) in [6, 6.07) is 2.46. The van der Waals surface area contributed by atoms with E-state index in [4.69, 9.17) is 4.98 Å². The number of aromatic nitrogens is 2. The summed E-state index contributed by atoms with van der Waals surface area (Å²) in [5.74, 6) is 1.10. The second kappa shape index (κ2) is 12.0. The molecule has 0 N–H and O–H groups in total. The van der Waals surface area contributed by atoms with Crippen molar-refractivity contribution >= 4 is 5.57 Å². The van der Waals surface area contributed by atoms with Crippen molar-refractivity contribution in [1.29, 1.82) is 5.26 Å². The lowest BCUT2D eigenvalue weighted by Gasteiger charge is -2.27. The van der Waals surface area contributed by atoms with E-state index in [9.17, 15) is 10.1 Å². The van der Waals surface area contributed by atoms with E-state index in [1.54, 1.807) is 0 Å². The number of aryl methyl sites for hydroxylation is 2. The summed E-state index contributed by atoms with van der Waals surface area (Å²) >= 11 is 0. The maximum atomic E-state index is 14.0. The zero-order chi connectivity index (χ0) is 25.5. The van der Waals surface area contributed by atoms with Crippen molar-refractivity contribution in [1.82, 2.24) is 9.55 Å². The molecule has 0 amide bonds. The molecule has 0 aromatic carbocycles. The highest BCUT2D eigenvalue weighted by atomic mass is 16.1. The Morgan fingerprint density at radius 2 is 1.92 bits per heavy atom. The van der Waals surface area contributed by atoms with Crippen LogP contribution in [0.2, 0.25) is 0 Å². The summed E-state index contributed by atoms with van der Waals surface area (Å²) in [6.45, 7) is 7.00. The molecule has 0 radical (unpaired) electrons. The maximum absolute atomic E-state index is 14.0. The summed E-state index contributed by atoms with van der Waals surface area (Å²) in [4.78, 5) is 19.1. The van der Waals surface area contributed by atoms with E-state index >= 15 is 0 Å². The molecule has 0 saturated carbocycles. The lowest BCUT2D eigenvalue weighted by atomic mass is 9.78. The van der Waals surface area contributed by atoms with Gasteiger partial charge in [-0.1, -0.05) is 81.5 Å². The highest BCUT2D eigenvalue weighted by Gasteiger charge is 2.25. The highest BCUT2D eigenvalue weighted by molar-refractivity contribution is 5.75. The third kappa shape index (κ3) is 5.51. The van der Waals surface area contributed by atoms with Crippen LogP contribution in [-0.4, -0.2) is 9.55 Å². The Kier molecular flexibility index (Phi) is 8.54. The quantitative estimate of drug-likeness (QED) is 0.397. The fourth-order valence-electron chi connectivity index (χ4n) is 5.38. The van der Waals surface area contributed by atoms with Gasteiger partial charge in [-0.25, -0.2) is 4.98 Å². The highest BCUT2D eigenvalue weighted by Crippen LogP contribution is 2.36. The van der Waals surface area contributed by atoms with Crippen LogP contribution in [0.15, 0.2) is 82.3 Å². The summed E-state index contributed by atoms with van der Waals surface area (Å²) in [5.41, 5.74) is 6.31. The van der Waals surface area contributed by atoms with E-state index in [0.29, 0.717) is 12.5 Å². The van der Waals surface area contributed by atoms with Crippen molar-refractivity contribution in [2.45, 2.75) is 72.3 Å². The summed E-state index contributed by atoms with van der Waals surface area (Å²) < 4.78 is 1.92. The molecule has 3 aliphatic carbocycles. The first kappa shape index (κ1) is 25.6. The minimum absolute atomic E-state index is 0.0683. The van der Waals surface area contributed by atoms with E-state index in [2.05, 4.69) is 87.6 Å². The Hall–Kier alpha value is -3.45. The molecule has 0 spiro atoms. The first-order valence-electron chi connectivity index (χ1n) is 13.4. The molecule has 1 heterocycles. The van der Waals surface area contributed by atoms with Crippen LogP contribution in [0.25, 0.3) is 5.57 Å². The maximum Gasteiger partial charge on any atom is 0.261 e. The Bertz CT molecular complexity index is 1300. The van der Waals surface area contributed by atoms with Crippen molar-refractivity contribution in [2.75, 3.05) is 0 Å². The van der Waals surface area contributed by atoms with E-state index in [1.807, 2.05) is 4.57 Å². The van der Waals surface area contributed by atoms with Gasteiger partial charge in [-0.2, -0.15) is 5.26 Å². The topological polar surface area (TPSA) is 58.7 Å². The zero-order valence-corrected chi connectivity index (χ0v) is 21.8. The van der Waals surface area contributed by atoms with Crippen LogP contribution in [0, 0.1) is 23.2 Å². The van der Waals surface area contributed by atoms with E-state index < -0.39 is 0 Å². The van der Waals surface area contributed by atoms with Gasteiger partial charge in [0, 0.05) is 13.0 Å². The number of rotatable bonds is 7. The number of nitriles is 1. The molecule has 2 atom stereocenters. The van der Waals surface area contributed by atoms with Gasteiger partial charge >= 0.3 is 0 Å². The standard InChI is InChI=1S/C32H37N3O/c1-4-13-30-34-29(5-2)31(25-14-9-7-6-8-10-15-25)32(36)35(30)22-24-18-19-27(23(3)20-24)28-17-12-11-16-26(28)21-33/h6-7,10-12,14-15,17-19,23,26H,4-5,8-9,13,16,20,22H2,1-3H3/b7-6-,15-10-,25-14+. The van der Waals surface area contributed by atoms with Gasteiger partial charge in [-0.3, -0.25) is 9.36 Å². The van der Waals surface area contributed by atoms with Gasteiger partial charge < -0.3 is 0 Å². The third-order valence-electron chi connectivity index (χ3n) is 7.24. The summed E-state index contributed by atoms with van der Waals surface area (Å²) in [6.07, 6.45) is 27.0. The Morgan fingerprint density at radius 1 is 1.08 bits per heavy atom. The van der Waals surface area contributed by atoms with Crippen molar-refractivity contribution in [3.8, 4) is 6.07 Å². The predicted molar refractivity (Wildman–Crippen MR) is 148 cm³/mol. The molecule has 0 saturated heterocycles. The molecule has 186 valence electrons. The van der Waals surface area contributed by atoms with Gasteiger partial charge in [0.25, 0.3) is 5.56 Å². The molecule has 4 heteroatoms. The normalized spacial score (nSPS) is 24.8. The first-order valence-corrected chi connectivity index (χ1v) is 13.4. The number of hydrogen-bond donors (Lipinski definition) is 0. The molecule has 0 bridgehead atoms. The number of allylic oxidation sites excluding steroid dienone is 14. The SMILES string of the molecule is CCCc1nc(CC)c(C2=C/C/C=C\C/C=C\2)c(=O)n1CC1=CC=C(C2=CC=CCC2C#N)C(C)C1. The van der Waals surface area contributed by atoms with Crippen molar-refractivity contribution in [2.24, 2.45) is 11.8 Å². The van der Waals surface area contributed by atoms with Gasteiger partial charge in [0.15, 0.2) is 0 Å². The van der Waals surface area contributed by atoms with Crippen LogP contribution in [0.5, 0.6) is 0 Å². The molecule has 2 unspecified atom stereocenters. The first-order chi connectivity index (χ1) is 17.6. The third-order valence-corrected chi connectivity index (χ3v) is 7.24. The summed E-state index contributed by atoms with van der Waals surface area (Å²) in [7, 11) is 0. The van der Waals surface area contributed by atoms with Crippen LogP contribution < -0.4 is 5.56 Å². The monoisotopic (exact) mass is 479 g/mol. The number of hydrogen-bond acceptors (Lipinski definition) is 3. The minimum Gasteiger partial charge on any atom is -0.292 e. The van der Waals surface area contributed by atoms with Crippen LogP contribution in [0.1, 0.15) is 70.0 Å². The largest absolute Gasteiger partial charge is 0.292 e. The molecule has 0 aliphatic heterocycles. The smallest absolute Gasteiger partial charge is 0.261 e. The fourth-order valence-corrected chi connectivity index (χ4v) is 5.38. The van der Waals surface area contributed by atoms with E-state index in [1.165, 1.54) is 11.1 Å². The van der Waals surface area contributed by atoms with Crippen LogP contribution in [0.3, 0.4) is 0 Å². The Morgan fingerprint density at radius 3 is 2.67 bits per heavy atom. The molecule has 36 heavy (non-hydrogen) atoms. The van der Waals surface area contributed by atoms with Crippen molar-refractivity contribution < 1.29 is 0 Å². The molecule has 4 rings (SSSR count). The average Bonchev–Trinajstić information content (AvgIpc) is 2.86. The van der Waals surface area contributed by atoms with Crippen LogP contribution >= 0.6 is 0 Å². The Labute approximate surface area is 215 Å².